The smallest absolute Gasteiger partial charge is 0.312 e. The van der Waals surface area contributed by atoms with Crippen molar-refractivity contribution in [1.82, 2.24) is 9.97 Å². The van der Waals surface area contributed by atoms with Gasteiger partial charge in [-0.1, -0.05) is 54.6 Å². The molecule has 0 bridgehead atoms. The fourth-order valence-electron chi connectivity index (χ4n) is 3.45. The Kier molecular flexibility index (Phi) is 6.04. The summed E-state index contributed by atoms with van der Waals surface area (Å²) in [6, 6.07) is 23.7. The number of nitrogens with zero attached hydrogens (tertiary/aromatic N) is 2. The molecular formula is C24H15IrN2O4S-. The molecule has 0 amide bonds. The average Bonchev–Trinajstić information content (AvgIpc) is 3.40. The van der Waals surface area contributed by atoms with Crippen LogP contribution in [-0.2, 0) is 30.2 Å². The molecule has 5 aromatic rings. The predicted molar refractivity (Wildman–Crippen MR) is 119 cm³/mol. The molecule has 3 aromatic heterocycles. The topological polar surface area (TPSA) is 93.3 Å². The van der Waals surface area contributed by atoms with Crippen LogP contribution in [0.1, 0.15) is 11.1 Å². The Labute approximate surface area is 197 Å². The molecule has 1 aliphatic rings. The van der Waals surface area contributed by atoms with Gasteiger partial charge in [0.05, 0.1) is 11.3 Å². The third-order valence-electron chi connectivity index (χ3n) is 4.82. The quantitative estimate of drug-likeness (QED) is 0.210. The zero-order valence-electron chi connectivity index (χ0n) is 16.4. The number of pyridine rings is 2. The van der Waals surface area contributed by atoms with Gasteiger partial charge in [-0.15, -0.1) is 17.5 Å². The van der Waals surface area contributed by atoms with Crippen LogP contribution in [0, 0.1) is 6.07 Å². The Bertz CT molecular complexity index is 1530. The van der Waals surface area contributed by atoms with Crippen LogP contribution < -0.4 is 0 Å². The van der Waals surface area contributed by atoms with Crippen LogP contribution in [0.15, 0.2) is 82.4 Å². The van der Waals surface area contributed by atoms with Gasteiger partial charge in [-0.2, -0.15) is 8.42 Å². The summed E-state index contributed by atoms with van der Waals surface area (Å²) >= 11 is 0. The van der Waals surface area contributed by atoms with E-state index in [0.29, 0.717) is 5.76 Å². The molecule has 6 nitrogen and oxygen atoms in total. The molecule has 161 valence electrons. The van der Waals surface area contributed by atoms with Crippen molar-refractivity contribution in [2.75, 3.05) is 0 Å². The van der Waals surface area contributed by atoms with E-state index in [4.69, 9.17) is 14.0 Å². The molecule has 0 unspecified atom stereocenters. The van der Waals surface area contributed by atoms with Crippen molar-refractivity contribution in [3.05, 3.63) is 90.1 Å². The van der Waals surface area contributed by atoms with Gasteiger partial charge in [-0.05, 0) is 29.3 Å². The summed E-state index contributed by atoms with van der Waals surface area (Å²) in [6.45, 7) is 0. The van der Waals surface area contributed by atoms with Gasteiger partial charge in [0.1, 0.15) is 0 Å². The maximum atomic E-state index is 10.3. The monoisotopic (exact) mass is 620 g/mol. The second-order valence-electron chi connectivity index (χ2n) is 6.87. The van der Waals surface area contributed by atoms with Crippen LogP contribution >= 0.6 is 0 Å². The minimum absolute atomic E-state index is 0. The van der Waals surface area contributed by atoms with Crippen molar-refractivity contribution in [3.63, 3.8) is 0 Å². The van der Waals surface area contributed by atoms with Gasteiger partial charge in [-0.3, -0.25) is 9.54 Å². The zero-order chi connectivity index (χ0) is 21.4. The van der Waals surface area contributed by atoms with E-state index in [1.54, 1.807) is 6.07 Å². The Balaban J connectivity index is 0.000000191. The van der Waals surface area contributed by atoms with E-state index in [0.717, 1.165) is 22.2 Å². The average molecular weight is 620 g/mol. The second kappa shape index (κ2) is 8.76. The molecule has 0 fully saturated rings. The molecule has 1 radical (unpaired) electrons. The van der Waals surface area contributed by atoms with E-state index in [9.17, 15) is 8.42 Å². The number of furan rings is 1. The molecule has 2 aromatic carbocycles. The first-order valence-electron chi connectivity index (χ1n) is 9.41. The van der Waals surface area contributed by atoms with Crippen LogP contribution in [0.3, 0.4) is 0 Å². The number of aromatic nitrogens is 2. The molecule has 32 heavy (non-hydrogen) atoms. The van der Waals surface area contributed by atoms with Crippen molar-refractivity contribution in [2.24, 2.45) is 0 Å². The molecule has 6 rings (SSSR count). The van der Waals surface area contributed by atoms with Crippen LogP contribution in [0.25, 0.3) is 45.5 Å². The first-order chi connectivity index (χ1) is 15.0. The number of rotatable bonds is 2. The molecule has 0 atom stereocenters. The summed E-state index contributed by atoms with van der Waals surface area (Å²) in [5.74, 6) is 0.694. The number of benzene rings is 2. The van der Waals surface area contributed by atoms with E-state index in [1.165, 1.54) is 34.8 Å². The molecule has 8 heteroatoms. The first-order valence-corrected chi connectivity index (χ1v) is 10.8. The van der Waals surface area contributed by atoms with Gasteiger partial charge in [0.2, 0.25) is 0 Å². The largest absolute Gasteiger partial charge is 0.518 e. The normalized spacial score (nSPS) is 11.8. The standard InChI is InChI=1S/C19H10NO.C5H5NO3S.Ir/c1-2-7-17-13(4-1)11-18(21-17)16-10-14-9-8-12-5-3-6-15(20-16)19(12)14;7-10(8,9)5-3-1-2-4-6-5;/h1-10H;1-4H,(H,7,8,9);/q-1;;. The Morgan fingerprint density at radius 3 is 2.41 bits per heavy atom. The molecule has 1 aliphatic carbocycles. The maximum absolute atomic E-state index is 10.3. The molecule has 1 N–H and O–H groups in total. The molecule has 0 spiro atoms. The molecule has 0 saturated heterocycles. The van der Waals surface area contributed by atoms with Gasteiger partial charge < -0.3 is 4.42 Å². The molecule has 0 aliphatic heterocycles. The fourth-order valence-corrected chi connectivity index (χ4v) is 3.89. The minimum atomic E-state index is -4.11. The van der Waals surface area contributed by atoms with Crippen LogP contribution in [0.5, 0.6) is 0 Å². The molecule has 3 heterocycles. The van der Waals surface area contributed by atoms with E-state index < -0.39 is 10.1 Å². The van der Waals surface area contributed by atoms with Gasteiger partial charge >= 0.3 is 10.1 Å². The summed E-state index contributed by atoms with van der Waals surface area (Å²) in [4.78, 5) is 8.15. The second-order valence-corrected chi connectivity index (χ2v) is 8.24. The van der Waals surface area contributed by atoms with Gasteiger partial charge in [-0.25, -0.2) is 4.98 Å². The Hall–Kier alpha value is -3.16. The summed E-state index contributed by atoms with van der Waals surface area (Å²) in [5, 5.41) is 1.88. The Morgan fingerprint density at radius 2 is 1.69 bits per heavy atom. The third kappa shape index (κ3) is 4.26. The van der Waals surface area contributed by atoms with E-state index in [1.807, 2.05) is 36.4 Å². The summed E-state index contributed by atoms with van der Waals surface area (Å²) in [5.41, 5.74) is 5.10. The number of para-hydroxylation sites is 1. The van der Waals surface area contributed by atoms with Crippen LogP contribution in [0.4, 0.5) is 0 Å². The SMILES string of the molecule is O=S(=O)(O)c1ccccn1.[Ir].[c-]1c(-c2cc3c4c(cccc4n2)C=C3)oc2ccccc12. The van der Waals surface area contributed by atoms with E-state index in [2.05, 4.69) is 35.3 Å². The minimum Gasteiger partial charge on any atom is -0.518 e. The van der Waals surface area contributed by atoms with Crippen molar-refractivity contribution in [2.45, 2.75) is 5.03 Å². The zero-order valence-corrected chi connectivity index (χ0v) is 19.6. The number of hydrogen-bond donors (Lipinski definition) is 1. The third-order valence-corrected chi connectivity index (χ3v) is 5.59. The Morgan fingerprint density at radius 1 is 0.906 bits per heavy atom. The van der Waals surface area contributed by atoms with Gasteiger partial charge in [0, 0.05) is 43.0 Å². The summed E-state index contributed by atoms with van der Waals surface area (Å²) in [7, 11) is -4.11. The van der Waals surface area contributed by atoms with Crippen molar-refractivity contribution in [3.8, 4) is 11.5 Å². The number of hydrogen-bond acceptors (Lipinski definition) is 5. The predicted octanol–water partition coefficient (Wildman–Crippen LogP) is 5.26. The number of fused-ring (bicyclic) bond motifs is 1. The van der Waals surface area contributed by atoms with E-state index >= 15 is 0 Å². The summed E-state index contributed by atoms with van der Waals surface area (Å²) < 4.78 is 34.9. The van der Waals surface area contributed by atoms with Gasteiger partial charge in [0.15, 0.2) is 5.03 Å². The van der Waals surface area contributed by atoms with E-state index in [-0.39, 0.29) is 25.1 Å². The van der Waals surface area contributed by atoms with Crippen LogP contribution in [-0.4, -0.2) is 22.9 Å². The van der Waals surface area contributed by atoms with Crippen LogP contribution in [0.2, 0.25) is 0 Å². The summed E-state index contributed by atoms with van der Waals surface area (Å²) in [6.07, 6.45) is 5.56. The van der Waals surface area contributed by atoms with Crippen molar-refractivity contribution in [1.29, 1.82) is 0 Å². The van der Waals surface area contributed by atoms with Crippen molar-refractivity contribution >= 4 is 44.1 Å². The molecule has 0 saturated carbocycles. The van der Waals surface area contributed by atoms with Gasteiger partial charge in [0.25, 0.3) is 0 Å². The first kappa shape index (κ1) is 22.0. The fraction of sp³-hybridized carbons (Fsp3) is 0. The maximum Gasteiger partial charge on any atom is 0.312 e. The van der Waals surface area contributed by atoms with Crippen molar-refractivity contribution < 1.29 is 37.5 Å². The molecular weight excluding hydrogens is 605 g/mol.